The minimum Gasteiger partial charge on any atom is -0.349 e. The molecule has 1 aliphatic carbocycles. The summed E-state index contributed by atoms with van der Waals surface area (Å²) in [5.74, 6) is 0.00399. The number of nitrogens with zero attached hydrogens (tertiary/aromatic N) is 2. The van der Waals surface area contributed by atoms with Gasteiger partial charge in [-0.2, -0.15) is 5.10 Å². The van der Waals surface area contributed by atoms with Crippen molar-refractivity contribution in [2.24, 2.45) is 0 Å². The standard InChI is InChI=1S/C20H20ClN3O/c21-17-5-3-4-14(10-17)13-24-19-11-15(8-9-16(19)12-22-24)20(25)23-18-6-1-2-7-18/h3-5,8-12,18H,1-2,6-7,13H2,(H,23,25). The summed E-state index contributed by atoms with van der Waals surface area (Å²) in [5.41, 5.74) is 2.73. The SMILES string of the molecule is O=C(NC1CCCC1)c1ccc2cnn(Cc3cccc(Cl)c3)c2c1. The average molecular weight is 354 g/mol. The van der Waals surface area contributed by atoms with Crippen LogP contribution in [0, 0.1) is 0 Å². The van der Waals surface area contributed by atoms with Crippen LogP contribution in [0.2, 0.25) is 5.02 Å². The molecule has 0 atom stereocenters. The van der Waals surface area contributed by atoms with Crippen LogP contribution in [0.5, 0.6) is 0 Å². The molecular formula is C20H20ClN3O. The number of amides is 1. The van der Waals surface area contributed by atoms with Gasteiger partial charge in [-0.25, -0.2) is 0 Å². The van der Waals surface area contributed by atoms with Gasteiger partial charge in [0.15, 0.2) is 0 Å². The van der Waals surface area contributed by atoms with E-state index >= 15 is 0 Å². The van der Waals surface area contributed by atoms with E-state index in [4.69, 9.17) is 11.6 Å². The van der Waals surface area contributed by atoms with Crippen LogP contribution in [0.25, 0.3) is 10.9 Å². The van der Waals surface area contributed by atoms with Gasteiger partial charge in [0.25, 0.3) is 5.91 Å². The number of benzene rings is 2. The molecule has 0 unspecified atom stereocenters. The summed E-state index contributed by atoms with van der Waals surface area (Å²) in [7, 11) is 0. The van der Waals surface area contributed by atoms with Crippen LogP contribution in [0.1, 0.15) is 41.6 Å². The van der Waals surface area contributed by atoms with Gasteiger partial charge in [0, 0.05) is 22.0 Å². The Bertz CT molecular complexity index is 912. The summed E-state index contributed by atoms with van der Waals surface area (Å²) in [6.07, 6.45) is 6.41. The van der Waals surface area contributed by atoms with Gasteiger partial charge in [0.2, 0.25) is 0 Å². The van der Waals surface area contributed by atoms with E-state index in [0.717, 1.165) is 29.3 Å². The van der Waals surface area contributed by atoms with E-state index in [-0.39, 0.29) is 5.91 Å². The highest BCUT2D eigenvalue weighted by molar-refractivity contribution is 6.30. The smallest absolute Gasteiger partial charge is 0.251 e. The fourth-order valence-corrected chi connectivity index (χ4v) is 3.70. The van der Waals surface area contributed by atoms with Crippen LogP contribution in [0.15, 0.2) is 48.7 Å². The van der Waals surface area contributed by atoms with E-state index < -0.39 is 0 Å². The van der Waals surface area contributed by atoms with Gasteiger partial charge in [0.1, 0.15) is 0 Å². The second-order valence-corrected chi connectivity index (χ2v) is 7.10. The second kappa shape index (κ2) is 6.89. The summed E-state index contributed by atoms with van der Waals surface area (Å²) in [4.78, 5) is 12.5. The number of hydrogen-bond donors (Lipinski definition) is 1. The third-order valence-corrected chi connectivity index (χ3v) is 5.05. The Morgan fingerprint density at radius 3 is 2.84 bits per heavy atom. The molecule has 1 N–H and O–H groups in total. The van der Waals surface area contributed by atoms with Crippen molar-refractivity contribution in [3.05, 3.63) is 64.8 Å². The van der Waals surface area contributed by atoms with Crippen LogP contribution in [-0.2, 0) is 6.54 Å². The monoisotopic (exact) mass is 353 g/mol. The number of rotatable bonds is 4. The van der Waals surface area contributed by atoms with Gasteiger partial charge in [-0.3, -0.25) is 9.48 Å². The summed E-state index contributed by atoms with van der Waals surface area (Å²) < 4.78 is 1.91. The van der Waals surface area contributed by atoms with Gasteiger partial charge < -0.3 is 5.32 Å². The van der Waals surface area contributed by atoms with E-state index in [9.17, 15) is 4.79 Å². The van der Waals surface area contributed by atoms with Crippen LogP contribution in [-0.4, -0.2) is 21.7 Å². The van der Waals surface area contributed by atoms with Crippen molar-refractivity contribution in [2.45, 2.75) is 38.3 Å². The lowest BCUT2D eigenvalue weighted by atomic mass is 10.1. The molecule has 1 aliphatic rings. The first-order valence-electron chi connectivity index (χ1n) is 8.70. The quantitative estimate of drug-likeness (QED) is 0.755. The topological polar surface area (TPSA) is 46.9 Å². The number of nitrogens with one attached hydrogen (secondary N) is 1. The van der Waals surface area contributed by atoms with Crippen molar-refractivity contribution < 1.29 is 4.79 Å². The highest BCUT2D eigenvalue weighted by atomic mass is 35.5. The minimum absolute atomic E-state index is 0.00399. The van der Waals surface area contributed by atoms with Crippen molar-refractivity contribution in [2.75, 3.05) is 0 Å². The number of halogens is 1. The fourth-order valence-electron chi connectivity index (χ4n) is 3.48. The lowest BCUT2D eigenvalue weighted by Crippen LogP contribution is -2.32. The number of carbonyl (C=O) groups is 1. The first-order valence-corrected chi connectivity index (χ1v) is 9.08. The molecule has 0 saturated heterocycles. The molecular weight excluding hydrogens is 334 g/mol. The largest absolute Gasteiger partial charge is 0.349 e. The van der Waals surface area contributed by atoms with Crippen LogP contribution < -0.4 is 5.32 Å². The molecule has 0 aliphatic heterocycles. The molecule has 1 heterocycles. The minimum atomic E-state index is 0.00399. The fraction of sp³-hybridized carbons (Fsp3) is 0.300. The van der Waals surface area contributed by atoms with Gasteiger partial charge in [0.05, 0.1) is 18.3 Å². The molecule has 4 nitrogen and oxygen atoms in total. The maximum absolute atomic E-state index is 12.5. The number of fused-ring (bicyclic) bond motifs is 1. The molecule has 1 aromatic heterocycles. The summed E-state index contributed by atoms with van der Waals surface area (Å²) >= 11 is 6.07. The molecule has 3 aromatic rings. The molecule has 1 saturated carbocycles. The number of aromatic nitrogens is 2. The van der Waals surface area contributed by atoms with Crippen molar-refractivity contribution >= 4 is 28.4 Å². The summed E-state index contributed by atoms with van der Waals surface area (Å²) in [6.45, 7) is 0.623. The Labute approximate surface area is 151 Å². The number of hydrogen-bond acceptors (Lipinski definition) is 2. The highest BCUT2D eigenvalue weighted by Crippen LogP contribution is 2.21. The Kier molecular flexibility index (Phi) is 4.45. The van der Waals surface area contributed by atoms with Crippen molar-refractivity contribution in [3.8, 4) is 0 Å². The zero-order valence-electron chi connectivity index (χ0n) is 13.9. The van der Waals surface area contributed by atoms with E-state index in [2.05, 4.69) is 10.4 Å². The Morgan fingerprint density at radius 1 is 1.20 bits per heavy atom. The van der Waals surface area contributed by atoms with E-state index in [1.54, 1.807) is 0 Å². The summed E-state index contributed by atoms with van der Waals surface area (Å²) in [6, 6.07) is 13.8. The predicted molar refractivity (Wildman–Crippen MR) is 100 cm³/mol. The Morgan fingerprint density at radius 2 is 2.04 bits per heavy atom. The summed E-state index contributed by atoms with van der Waals surface area (Å²) in [5, 5.41) is 9.35. The first-order chi connectivity index (χ1) is 12.2. The highest BCUT2D eigenvalue weighted by Gasteiger charge is 2.18. The zero-order valence-corrected chi connectivity index (χ0v) is 14.7. The molecule has 0 bridgehead atoms. The lowest BCUT2D eigenvalue weighted by Gasteiger charge is -2.12. The molecule has 128 valence electrons. The van der Waals surface area contributed by atoms with Crippen molar-refractivity contribution in [3.63, 3.8) is 0 Å². The molecule has 25 heavy (non-hydrogen) atoms. The maximum atomic E-state index is 12.5. The van der Waals surface area contributed by atoms with Crippen LogP contribution in [0.4, 0.5) is 0 Å². The van der Waals surface area contributed by atoms with Crippen LogP contribution in [0.3, 0.4) is 0 Å². The normalized spacial score (nSPS) is 14.9. The zero-order chi connectivity index (χ0) is 17.2. The molecule has 0 spiro atoms. The Balaban J connectivity index is 1.59. The number of carbonyl (C=O) groups excluding carboxylic acids is 1. The Hall–Kier alpha value is -2.33. The molecule has 1 amide bonds. The average Bonchev–Trinajstić information content (AvgIpc) is 3.25. The van der Waals surface area contributed by atoms with Gasteiger partial charge in [-0.15, -0.1) is 0 Å². The third-order valence-electron chi connectivity index (χ3n) is 4.82. The van der Waals surface area contributed by atoms with Gasteiger partial charge in [-0.05, 0) is 42.7 Å². The lowest BCUT2D eigenvalue weighted by molar-refractivity contribution is 0.0938. The van der Waals surface area contributed by atoms with Crippen molar-refractivity contribution in [1.82, 2.24) is 15.1 Å². The predicted octanol–water partition coefficient (Wildman–Crippen LogP) is 4.41. The van der Waals surface area contributed by atoms with E-state index in [0.29, 0.717) is 23.2 Å². The molecule has 0 radical (unpaired) electrons. The van der Waals surface area contributed by atoms with Gasteiger partial charge >= 0.3 is 0 Å². The molecule has 5 heteroatoms. The second-order valence-electron chi connectivity index (χ2n) is 6.66. The molecule has 1 fully saturated rings. The van der Waals surface area contributed by atoms with Crippen LogP contribution >= 0.6 is 11.6 Å². The van der Waals surface area contributed by atoms with Gasteiger partial charge in [-0.1, -0.05) is 42.6 Å². The molecule has 4 rings (SSSR count). The molecule has 2 aromatic carbocycles. The van der Waals surface area contributed by atoms with E-state index in [1.807, 2.05) is 53.3 Å². The third kappa shape index (κ3) is 3.54. The van der Waals surface area contributed by atoms with Crippen molar-refractivity contribution in [1.29, 1.82) is 0 Å². The van der Waals surface area contributed by atoms with E-state index in [1.165, 1.54) is 12.8 Å². The maximum Gasteiger partial charge on any atom is 0.251 e. The first kappa shape index (κ1) is 16.2.